The van der Waals surface area contributed by atoms with Gasteiger partial charge in [0.2, 0.25) is 11.7 Å². The molecule has 0 unspecified atom stereocenters. The molecule has 1 aromatic carbocycles. The average Bonchev–Trinajstić information content (AvgIpc) is 3.17. The number of rotatable bonds is 3. The van der Waals surface area contributed by atoms with Crippen LogP contribution in [0, 0.1) is 5.82 Å². The molecule has 2 fully saturated rings. The molecule has 2 aliphatic rings. The van der Waals surface area contributed by atoms with Crippen LogP contribution in [0.4, 0.5) is 4.39 Å². The number of piperazine rings is 1. The lowest BCUT2D eigenvalue weighted by Gasteiger charge is -2.40. The summed E-state index contributed by atoms with van der Waals surface area (Å²) in [5.74, 6) is -0.620. The molecular weight excluding hydrogens is 403 g/mol. The predicted octanol–water partition coefficient (Wildman–Crippen LogP) is 1.61. The van der Waals surface area contributed by atoms with Crippen LogP contribution in [-0.2, 0) is 4.79 Å². The van der Waals surface area contributed by atoms with Crippen LogP contribution >= 0.6 is 0 Å². The first-order valence-electron chi connectivity index (χ1n) is 10.6. The molecule has 31 heavy (non-hydrogen) atoms. The van der Waals surface area contributed by atoms with E-state index >= 15 is 0 Å². The SMILES string of the molecule is CC(=O)N1CCN([C@H]2CCN(C(=O)c3cc(-c4ccccc4F)no3)CC[C@@H]2O)CC1. The van der Waals surface area contributed by atoms with Gasteiger partial charge < -0.3 is 19.4 Å². The summed E-state index contributed by atoms with van der Waals surface area (Å²) in [5.41, 5.74) is 0.555. The molecule has 2 atom stereocenters. The predicted molar refractivity (Wildman–Crippen MR) is 111 cm³/mol. The summed E-state index contributed by atoms with van der Waals surface area (Å²) in [6.07, 6.45) is 0.532. The second-order valence-corrected chi connectivity index (χ2v) is 8.10. The largest absolute Gasteiger partial charge is 0.391 e. The molecule has 8 nitrogen and oxygen atoms in total. The van der Waals surface area contributed by atoms with Gasteiger partial charge in [0, 0.05) is 63.9 Å². The maximum absolute atomic E-state index is 14.0. The first kappa shape index (κ1) is 21.5. The van der Waals surface area contributed by atoms with Crippen LogP contribution < -0.4 is 0 Å². The molecule has 0 saturated carbocycles. The Hall–Kier alpha value is -2.78. The van der Waals surface area contributed by atoms with Crippen molar-refractivity contribution in [2.45, 2.75) is 31.9 Å². The van der Waals surface area contributed by atoms with E-state index in [1.54, 1.807) is 30.0 Å². The summed E-state index contributed by atoms with van der Waals surface area (Å²) in [6, 6.07) is 7.60. The number of hydrogen-bond acceptors (Lipinski definition) is 6. The molecule has 2 aliphatic heterocycles. The maximum Gasteiger partial charge on any atom is 0.292 e. The summed E-state index contributed by atoms with van der Waals surface area (Å²) in [5, 5.41) is 14.6. The van der Waals surface area contributed by atoms with Gasteiger partial charge in [-0.2, -0.15) is 0 Å². The summed E-state index contributed by atoms with van der Waals surface area (Å²) in [6.45, 7) is 5.17. The van der Waals surface area contributed by atoms with Crippen molar-refractivity contribution in [3.05, 3.63) is 41.9 Å². The zero-order chi connectivity index (χ0) is 22.0. The Morgan fingerprint density at radius 2 is 1.77 bits per heavy atom. The molecule has 9 heteroatoms. The minimum atomic E-state index is -0.551. The molecule has 0 spiro atoms. The van der Waals surface area contributed by atoms with Gasteiger partial charge in [-0.05, 0) is 25.0 Å². The number of likely N-dealkylation sites (tertiary alicyclic amines) is 1. The van der Waals surface area contributed by atoms with Crippen LogP contribution in [0.3, 0.4) is 0 Å². The number of aliphatic hydroxyl groups excluding tert-OH is 1. The van der Waals surface area contributed by atoms with E-state index in [2.05, 4.69) is 10.1 Å². The van der Waals surface area contributed by atoms with Gasteiger partial charge in [0.1, 0.15) is 11.5 Å². The van der Waals surface area contributed by atoms with Gasteiger partial charge in [-0.15, -0.1) is 0 Å². The van der Waals surface area contributed by atoms with E-state index in [1.165, 1.54) is 12.1 Å². The zero-order valence-electron chi connectivity index (χ0n) is 17.5. The van der Waals surface area contributed by atoms with Gasteiger partial charge in [-0.25, -0.2) is 4.39 Å². The van der Waals surface area contributed by atoms with E-state index in [1.807, 2.05) is 4.90 Å². The van der Waals surface area contributed by atoms with Gasteiger partial charge >= 0.3 is 0 Å². The van der Waals surface area contributed by atoms with Crippen molar-refractivity contribution < 1.29 is 23.6 Å². The molecule has 1 aromatic heterocycles. The molecule has 1 N–H and O–H groups in total. The lowest BCUT2D eigenvalue weighted by molar-refractivity contribution is -0.131. The fourth-order valence-electron chi connectivity index (χ4n) is 4.40. The van der Waals surface area contributed by atoms with E-state index in [0.717, 1.165) is 0 Å². The normalized spacial score (nSPS) is 22.9. The van der Waals surface area contributed by atoms with Gasteiger partial charge in [0.15, 0.2) is 0 Å². The number of aliphatic hydroxyl groups is 1. The third-order valence-electron chi connectivity index (χ3n) is 6.22. The fourth-order valence-corrected chi connectivity index (χ4v) is 4.40. The minimum Gasteiger partial charge on any atom is -0.391 e. The Labute approximate surface area is 180 Å². The van der Waals surface area contributed by atoms with E-state index in [-0.39, 0.29) is 34.9 Å². The van der Waals surface area contributed by atoms with Crippen molar-refractivity contribution in [1.82, 2.24) is 19.9 Å². The highest BCUT2D eigenvalue weighted by Crippen LogP contribution is 2.24. The molecule has 0 aliphatic carbocycles. The molecule has 0 radical (unpaired) electrons. The van der Waals surface area contributed by atoms with Crippen LogP contribution in [0.5, 0.6) is 0 Å². The van der Waals surface area contributed by atoms with Crippen molar-refractivity contribution in [3.8, 4) is 11.3 Å². The Morgan fingerprint density at radius 1 is 1.06 bits per heavy atom. The average molecular weight is 430 g/mol. The second kappa shape index (κ2) is 9.15. The summed E-state index contributed by atoms with van der Waals surface area (Å²) in [4.78, 5) is 30.2. The Balaban J connectivity index is 1.40. The molecule has 2 saturated heterocycles. The first-order chi connectivity index (χ1) is 14.9. The molecule has 0 bridgehead atoms. The Morgan fingerprint density at radius 3 is 2.48 bits per heavy atom. The van der Waals surface area contributed by atoms with Crippen LogP contribution in [0.25, 0.3) is 11.3 Å². The van der Waals surface area contributed by atoms with Gasteiger partial charge in [-0.3, -0.25) is 14.5 Å². The molecule has 3 heterocycles. The number of benzene rings is 1. The van der Waals surface area contributed by atoms with Crippen LogP contribution in [0.2, 0.25) is 0 Å². The topological polar surface area (TPSA) is 90.1 Å². The smallest absolute Gasteiger partial charge is 0.292 e. The third-order valence-corrected chi connectivity index (χ3v) is 6.22. The monoisotopic (exact) mass is 430 g/mol. The first-order valence-corrected chi connectivity index (χ1v) is 10.6. The number of aromatic nitrogens is 1. The van der Waals surface area contributed by atoms with Crippen LogP contribution in [-0.4, -0.2) is 88.2 Å². The van der Waals surface area contributed by atoms with Crippen LogP contribution in [0.15, 0.2) is 34.9 Å². The van der Waals surface area contributed by atoms with Crippen molar-refractivity contribution in [2.75, 3.05) is 39.3 Å². The Bertz CT molecular complexity index is 941. The van der Waals surface area contributed by atoms with E-state index < -0.39 is 11.9 Å². The van der Waals surface area contributed by atoms with Gasteiger partial charge in [-0.1, -0.05) is 17.3 Å². The number of carbonyl (C=O) groups is 2. The molecule has 166 valence electrons. The number of carbonyl (C=O) groups excluding carboxylic acids is 2. The summed E-state index contributed by atoms with van der Waals surface area (Å²) < 4.78 is 19.2. The summed E-state index contributed by atoms with van der Waals surface area (Å²) in [7, 11) is 0. The Kier molecular flexibility index (Phi) is 6.33. The van der Waals surface area contributed by atoms with E-state index in [4.69, 9.17) is 4.52 Å². The number of nitrogens with zero attached hydrogens (tertiary/aromatic N) is 4. The summed E-state index contributed by atoms with van der Waals surface area (Å²) >= 11 is 0. The fraction of sp³-hybridized carbons (Fsp3) is 0.500. The maximum atomic E-state index is 14.0. The van der Waals surface area contributed by atoms with Crippen molar-refractivity contribution in [1.29, 1.82) is 0 Å². The number of halogens is 1. The molecule has 4 rings (SSSR count). The van der Waals surface area contributed by atoms with Crippen molar-refractivity contribution in [2.24, 2.45) is 0 Å². The lowest BCUT2D eigenvalue weighted by atomic mass is 10.0. The molecule has 2 amide bonds. The zero-order valence-corrected chi connectivity index (χ0v) is 17.5. The van der Waals surface area contributed by atoms with Crippen molar-refractivity contribution in [3.63, 3.8) is 0 Å². The van der Waals surface area contributed by atoms with E-state index in [0.29, 0.717) is 52.1 Å². The quantitative estimate of drug-likeness (QED) is 0.796. The third kappa shape index (κ3) is 4.62. The molecule has 2 aromatic rings. The highest BCUT2D eigenvalue weighted by atomic mass is 19.1. The highest BCUT2D eigenvalue weighted by Gasteiger charge is 2.34. The van der Waals surface area contributed by atoms with Gasteiger partial charge in [0.25, 0.3) is 5.91 Å². The molecular formula is C22H27FN4O4. The van der Waals surface area contributed by atoms with Gasteiger partial charge in [0.05, 0.1) is 6.10 Å². The standard InChI is InChI=1S/C22H27FN4O4/c1-15(28)25-10-12-26(13-11-25)19-6-8-27(9-7-20(19)29)22(30)21-14-18(24-31-21)16-4-2-3-5-17(16)23/h2-5,14,19-20,29H,6-13H2,1H3/t19-,20-/m0/s1. The highest BCUT2D eigenvalue weighted by molar-refractivity contribution is 5.92. The van der Waals surface area contributed by atoms with Crippen LogP contribution in [0.1, 0.15) is 30.3 Å². The number of hydrogen-bond donors (Lipinski definition) is 1. The van der Waals surface area contributed by atoms with E-state index in [9.17, 15) is 19.1 Å². The second-order valence-electron chi connectivity index (χ2n) is 8.10. The van der Waals surface area contributed by atoms with Crippen molar-refractivity contribution >= 4 is 11.8 Å². The lowest BCUT2D eigenvalue weighted by Crippen LogP contribution is -2.54. The minimum absolute atomic E-state index is 0.0567. The number of amides is 2.